The molecule has 4 aromatic rings. The van der Waals surface area contributed by atoms with Crippen LogP contribution in [0, 0.1) is 13.8 Å². The fraction of sp³-hybridized carbons (Fsp3) is 0.240. The molecular formula is C25H25ClN4O3. The zero-order valence-electron chi connectivity index (χ0n) is 18.7. The average Bonchev–Trinajstić information content (AvgIpc) is 3.37. The van der Waals surface area contributed by atoms with E-state index in [2.05, 4.69) is 15.5 Å². The molecule has 1 N–H and O–H groups in total. The van der Waals surface area contributed by atoms with Gasteiger partial charge in [-0.05, 0) is 49.2 Å². The Balaban J connectivity index is 1.41. The Morgan fingerprint density at radius 2 is 1.88 bits per heavy atom. The first-order valence-corrected chi connectivity index (χ1v) is 10.9. The topological polar surface area (TPSA) is 82.2 Å². The van der Waals surface area contributed by atoms with Crippen LogP contribution in [0.15, 0.2) is 65.4 Å². The molecule has 0 aliphatic heterocycles. The number of aryl methyl sites for hydroxylation is 3. The summed E-state index contributed by atoms with van der Waals surface area (Å²) < 4.78 is 12.9. The molecule has 0 saturated carbocycles. The van der Waals surface area contributed by atoms with E-state index in [1.807, 2.05) is 68.1 Å². The summed E-state index contributed by atoms with van der Waals surface area (Å²) in [7, 11) is 1.90. The predicted octanol–water partition coefficient (Wildman–Crippen LogP) is 4.71. The number of imidazole rings is 1. The van der Waals surface area contributed by atoms with Crippen molar-refractivity contribution in [2.75, 3.05) is 0 Å². The predicted molar refractivity (Wildman–Crippen MR) is 125 cm³/mol. The quantitative estimate of drug-likeness (QED) is 0.408. The van der Waals surface area contributed by atoms with Crippen molar-refractivity contribution in [1.29, 1.82) is 0 Å². The number of carbonyl (C=O) groups is 1. The van der Waals surface area contributed by atoms with Gasteiger partial charge in [-0.2, -0.15) is 0 Å². The Bertz CT molecular complexity index is 1210. The van der Waals surface area contributed by atoms with Gasteiger partial charge < -0.3 is 19.1 Å². The third kappa shape index (κ3) is 5.43. The molecule has 1 amide bonds. The number of nitrogens with one attached hydrogen (secondary N) is 1. The van der Waals surface area contributed by atoms with Gasteiger partial charge in [-0.1, -0.05) is 41.0 Å². The van der Waals surface area contributed by atoms with Crippen molar-refractivity contribution >= 4 is 17.5 Å². The second-order valence-electron chi connectivity index (χ2n) is 7.86. The number of rotatable bonds is 8. The molecule has 7 nitrogen and oxygen atoms in total. The number of halogens is 1. The molecule has 0 spiro atoms. The van der Waals surface area contributed by atoms with E-state index in [4.69, 9.17) is 20.9 Å². The van der Waals surface area contributed by atoms with E-state index in [0.717, 1.165) is 34.0 Å². The van der Waals surface area contributed by atoms with E-state index in [9.17, 15) is 4.79 Å². The summed E-state index contributed by atoms with van der Waals surface area (Å²) in [6.45, 7) is 4.13. The van der Waals surface area contributed by atoms with Crippen LogP contribution in [0.3, 0.4) is 0 Å². The van der Waals surface area contributed by atoms with E-state index in [1.165, 1.54) is 0 Å². The normalized spacial score (nSPS) is 11.9. The molecule has 0 radical (unpaired) electrons. The summed E-state index contributed by atoms with van der Waals surface area (Å²) in [6.07, 6.45) is 3.80. The summed E-state index contributed by atoms with van der Waals surface area (Å²) >= 11 is 6.04. The van der Waals surface area contributed by atoms with E-state index in [1.54, 1.807) is 18.3 Å². The fourth-order valence-corrected chi connectivity index (χ4v) is 3.70. The summed E-state index contributed by atoms with van der Waals surface area (Å²) in [5, 5.41) is 7.68. The van der Waals surface area contributed by atoms with Crippen LogP contribution < -0.4 is 10.1 Å². The van der Waals surface area contributed by atoms with Gasteiger partial charge in [0.1, 0.15) is 30.0 Å². The van der Waals surface area contributed by atoms with Crippen molar-refractivity contribution in [3.05, 3.63) is 99.9 Å². The molecular weight excluding hydrogens is 440 g/mol. The minimum absolute atomic E-state index is 0.109. The van der Waals surface area contributed by atoms with Gasteiger partial charge in [-0.15, -0.1) is 0 Å². The zero-order chi connectivity index (χ0) is 23.4. The zero-order valence-corrected chi connectivity index (χ0v) is 19.5. The number of benzene rings is 2. The summed E-state index contributed by atoms with van der Waals surface area (Å²) in [6, 6.07) is 14.5. The standard InChI is InChI=1S/C25H25ClN4O3/c1-16-22(17(2)33-29-16)15-32-21-10-4-18(5-11-21)14-23(31)28-24(25-27-12-13-30(25)3)19-6-8-20(26)9-7-19/h4-13,24H,14-15H2,1-3H3,(H,28,31). The SMILES string of the molecule is Cc1noc(C)c1COc1ccc(CC(=O)NC(c2ccc(Cl)cc2)c2nccn2C)cc1. The van der Waals surface area contributed by atoms with E-state index in [-0.39, 0.29) is 18.4 Å². The Morgan fingerprint density at radius 3 is 2.48 bits per heavy atom. The van der Waals surface area contributed by atoms with Crippen LogP contribution in [0.25, 0.3) is 0 Å². The fourth-order valence-electron chi connectivity index (χ4n) is 3.57. The lowest BCUT2D eigenvalue weighted by molar-refractivity contribution is -0.121. The highest BCUT2D eigenvalue weighted by Crippen LogP contribution is 2.23. The Morgan fingerprint density at radius 1 is 1.15 bits per heavy atom. The highest BCUT2D eigenvalue weighted by molar-refractivity contribution is 6.30. The van der Waals surface area contributed by atoms with Crippen molar-refractivity contribution in [2.45, 2.75) is 32.9 Å². The molecule has 1 unspecified atom stereocenters. The number of aromatic nitrogens is 3. The van der Waals surface area contributed by atoms with Crippen molar-refractivity contribution in [1.82, 2.24) is 20.0 Å². The smallest absolute Gasteiger partial charge is 0.225 e. The molecule has 0 saturated heterocycles. The molecule has 8 heteroatoms. The molecule has 1 atom stereocenters. The molecule has 0 aliphatic carbocycles. The molecule has 0 aliphatic rings. The summed E-state index contributed by atoms with van der Waals surface area (Å²) in [5.41, 5.74) is 3.56. The summed E-state index contributed by atoms with van der Waals surface area (Å²) in [4.78, 5) is 17.3. The van der Waals surface area contributed by atoms with Gasteiger partial charge in [-0.3, -0.25) is 4.79 Å². The minimum Gasteiger partial charge on any atom is -0.489 e. The maximum absolute atomic E-state index is 12.9. The Hall–Kier alpha value is -3.58. The molecule has 2 aromatic carbocycles. The number of amides is 1. The number of hydrogen-bond acceptors (Lipinski definition) is 5. The lowest BCUT2D eigenvalue weighted by Crippen LogP contribution is -2.32. The van der Waals surface area contributed by atoms with Gasteiger partial charge in [0.15, 0.2) is 0 Å². The largest absolute Gasteiger partial charge is 0.489 e. The molecule has 2 aromatic heterocycles. The van der Waals surface area contributed by atoms with Crippen LogP contribution in [0.1, 0.15) is 40.0 Å². The molecule has 0 fully saturated rings. The first-order valence-electron chi connectivity index (χ1n) is 10.6. The van der Waals surface area contributed by atoms with Crippen LogP contribution in [0.5, 0.6) is 5.75 Å². The van der Waals surface area contributed by atoms with E-state index in [0.29, 0.717) is 17.4 Å². The van der Waals surface area contributed by atoms with Crippen molar-refractivity contribution in [3.8, 4) is 5.75 Å². The van der Waals surface area contributed by atoms with Crippen molar-refractivity contribution in [2.24, 2.45) is 7.05 Å². The van der Waals surface area contributed by atoms with Gasteiger partial charge in [-0.25, -0.2) is 4.98 Å². The molecule has 2 heterocycles. The van der Waals surface area contributed by atoms with Crippen LogP contribution >= 0.6 is 11.6 Å². The van der Waals surface area contributed by atoms with Gasteiger partial charge >= 0.3 is 0 Å². The van der Waals surface area contributed by atoms with Crippen LogP contribution in [0.2, 0.25) is 5.02 Å². The number of carbonyl (C=O) groups excluding carboxylic acids is 1. The second kappa shape index (κ2) is 9.92. The third-order valence-electron chi connectivity index (χ3n) is 5.48. The number of hydrogen-bond donors (Lipinski definition) is 1. The molecule has 170 valence electrons. The van der Waals surface area contributed by atoms with Crippen LogP contribution in [0.4, 0.5) is 0 Å². The number of nitrogens with zero attached hydrogens (tertiary/aromatic N) is 3. The van der Waals surface area contributed by atoms with E-state index >= 15 is 0 Å². The third-order valence-corrected chi connectivity index (χ3v) is 5.73. The first kappa shape index (κ1) is 22.6. The van der Waals surface area contributed by atoms with Gasteiger partial charge in [0.05, 0.1) is 17.7 Å². The second-order valence-corrected chi connectivity index (χ2v) is 8.30. The van der Waals surface area contributed by atoms with Crippen molar-refractivity contribution < 1.29 is 14.1 Å². The molecule has 33 heavy (non-hydrogen) atoms. The summed E-state index contributed by atoms with van der Waals surface area (Å²) in [5.74, 6) is 2.10. The highest BCUT2D eigenvalue weighted by Gasteiger charge is 2.21. The van der Waals surface area contributed by atoms with Gasteiger partial charge in [0.25, 0.3) is 0 Å². The maximum Gasteiger partial charge on any atom is 0.225 e. The lowest BCUT2D eigenvalue weighted by atomic mass is 10.1. The minimum atomic E-state index is -0.382. The Labute approximate surface area is 197 Å². The average molecular weight is 465 g/mol. The van der Waals surface area contributed by atoms with Crippen LogP contribution in [-0.2, 0) is 24.9 Å². The highest BCUT2D eigenvalue weighted by atomic mass is 35.5. The first-order chi connectivity index (χ1) is 15.9. The van der Waals surface area contributed by atoms with E-state index < -0.39 is 0 Å². The van der Waals surface area contributed by atoms with Crippen LogP contribution in [-0.4, -0.2) is 20.6 Å². The molecule has 4 rings (SSSR count). The number of ether oxygens (including phenoxy) is 1. The Kier molecular flexibility index (Phi) is 6.79. The van der Waals surface area contributed by atoms with Gasteiger partial charge in [0, 0.05) is 24.5 Å². The van der Waals surface area contributed by atoms with Gasteiger partial charge in [0.2, 0.25) is 5.91 Å². The lowest BCUT2D eigenvalue weighted by Gasteiger charge is -2.19. The monoisotopic (exact) mass is 464 g/mol. The maximum atomic E-state index is 12.9. The molecule has 0 bridgehead atoms. The van der Waals surface area contributed by atoms with Crippen molar-refractivity contribution in [3.63, 3.8) is 0 Å².